The van der Waals surface area contributed by atoms with Gasteiger partial charge in [-0.05, 0) is 39.2 Å². The number of nitrogens with one attached hydrogen (secondary N) is 1. The number of anilines is 1. The maximum atomic E-state index is 12.3. The molecule has 1 aromatic carbocycles. The molecule has 8 heteroatoms. The second-order valence-electron chi connectivity index (χ2n) is 7.00. The SMILES string of the molecule is COc1c(Cl)cc(Cl)c2nc(NC(=O)CC(C)(C)O)n(C3CCC3)c12. The Morgan fingerprint density at radius 3 is 2.64 bits per heavy atom. The highest BCUT2D eigenvalue weighted by Crippen LogP contribution is 2.44. The predicted octanol–water partition coefficient (Wildman–Crippen LogP) is 4.18. The fraction of sp³-hybridized carbons (Fsp3) is 0.529. The van der Waals surface area contributed by atoms with Gasteiger partial charge in [0.1, 0.15) is 11.0 Å². The van der Waals surface area contributed by atoms with Crippen LogP contribution in [0.4, 0.5) is 5.95 Å². The number of amides is 1. The van der Waals surface area contributed by atoms with E-state index < -0.39 is 5.60 Å². The quantitative estimate of drug-likeness (QED) is 0.809. The van der Waals surface area contributed by atoms with Gasteiger partial charge in [-0.1, -0.05) is 23.2 Å². The number of rotatable bonds is 5. The van der Waals surface area contributed by atoms with Crippen molar-refractivity contribution in [3.05, 3.63) is 16.1 Å². The summed E-state index contributed by atoms with van der Waals surface area (Å²) >= 11 is 12.6. The molecule has 0 spiro atoms. The van der Waals surface area contributed by atoms with Crippen LogP contribution in [-0.4, -0.2) is 33.3 Å². The average Bonchev–Trinajstić information content (AvgIpc) is 2.75. The Hall–Kier alpha value is -1.50. The van der Waals surface area contributed by atoms with Crippen LogP contribution in [0.25, 0.3) is 11.0 Å². The number of halogens is 2. The molecule has 25 heavy (non-hydrogen) atoms. The summed E-state index contributed by atoms with van der Waals surface area (Å²) in [7, 11) is 1.54. The summed E-state index contributed by atoms with van der Waals surface area (Å²) in [4.78, 5) is 16.8. The molecule has 1 fully saturated rings. The predicted molar refractivity (Wildman–Crippen MR) is 98.7 cm³/mol. The molecular weight excluding hydrogens is 365 g/mol. The topological polar surface area (TPSA) is 76.4 Å². The van der Waals surface area contributed by atoms with Gasteiger partial charge in [0.15, 0.2) is 5.75 Å². The number of nitrogens with zero attached hydrogens (tertiary/aromatic N) is 2. The zero-order chi connectivity index (χ0) is 18.4. The third kappa shape index (κ3) is 3.57. The van der Waals surface area contributed by atoms with E-state index in [1.165, 1.54) is 0 Å². The molecule has 1 heterocycles. The van der Waals surface area contributed by atoms with Crippen molar-refractivity contribution in [2.45, 2.75) is 51.2 Å². The Morgan fingerprint density at radius 1 is 1.44 bits per heavy atom. The van der Waals surface area contributed by atoms with Crippen molar-refractivity contribution >= 4 is 46.1 Å². The van der Waals surface area contributed by atoms with Crippen LogP contribution in [0.5, 0.6) is 5.75 Å². The Morgan fingerprint density at radius 2 is 2.12 bits per heavy atom. The fourth-order valence-electron chi connectivity index (χ4n) is 3.02. The van der Waals surface area contributed by atoms with Crippen molar-refractivity contribution in [2.75, 3.05) is 12.4 Å². The van der Waals surface area contributed by atoms with Crippen molar-refractivity contribution in [1.29, 1.82) is 0 Å². The van der Waals surface area contributed by atoms with Gasteiger partial charge in [0.2, 0.25) is 11.9 Å². The second-order valence-corrected chi connectivity index (χ2v) is 7.81. The molecule has 1 aromatic heterocycles. The van der Waals surface area contributed by atoms with E-state index >= 15 is 0 Å². The van der Waals surface area contributed by atoms with Gasteiger partial charge >= 0.3 is 0 Å². The van der Waals surface area contributed by atoms with Crippen LogP contribution in [-0.2, 0) is 4.79 Å². The molecule has 1 aliphatic carbocycles. The highest BCUT2D eigenvalue weighted by Gasteiger charge is 2.30. The smallest absolute Gasteiger partial charge is 0.229 e. The number of benzene rings is 1. The highest BCUT2D eigenvalue weighted by molar-refractivity contribution is 6.39. The molecule has 2 aromatic rings. The van der Waals surface area contributed by atoms with E-state index in [4.69, 9.17) is 27.9 Å². The first-order chi connectivity index (χ1) is 11.7. The first kappa shape index (κ1) is 18.3. The van der Waals surface area contributed by atoms with Gasteiger partial charge < -0.3 is 14.4 Å². The summed E-state index contributed by atoms with van der Waals surface area (Å²) < 4.78 is 7.41. The summed E-state index contributed by atoms with van der Waals surface area (Å²) in [6.07, 6.45) is 3.03. The van der Waals surface area contributed by atoms with Gasteiger partial charge in [0, 0.05) is 6.04 Å². The standard InChI is InChI=1S/C17H21Cl2N3O3/c1-17(2,24)8-12(23)20-16-21-13-10(18)7-11(19)15(25-3)14(13)22(16)9-5-4-6-9/h7,9,24H,4-6,8H2,1-3H3,(H,20,21,23). The maximum absolute atomic E-state index is 12.3. The molecule has 0 radical (unpaired) electrons. The Balaban J connectivity index is 2.12. The van der Waals surface area contributed by atoms with E-state index in [1.807, 2.05) is 4.57 Å². The first-order valence-electron chi connectivity index (χ1n) is 8.17. The van der Waals surface area contributed by atoms with Gasteiger partial charge in [0.05, 0.1) is 29.2 Å². The monoisotopic (exact) mass is 385 g/mol. The molecule has 1 amide bonds. The van der Waals surface area contributed by atoms with Crippen molar-refractivity contribution in [1.82, 2.24) is 9.55 Å². The third-order valence-corrected chi connectivity index (χ3v) is 4.88. The number of aromatic nitrogens is 2. The fourth-order valence-corrected chi connectivity index (χ4v) is 3.59. The molecule has 136 valence electrons. The van der Waals surface area contributed by atoms with Gasteiger partial charge in [-0.15, -0.1) is 0 Å². The lowest BCUT2D eigenvalue weighted by atomic mass is 9.92. The van der Waals surface area contributed by atoms with Gasteiger partial charge in [-0.2, -0.15) is 0 Å². The molecule has 0 atom stereocenters. The summed E-state index contributed by atoms with van der Waals surface area (Å²) in [6, 6.07) is 1.79. The minimum atomic E-state index is -1.10. The molecule has 1 saturated carbocycles. The minimum Gasteiger partial charge on any atom is -0.493 e. The van der Waals surface area contributed by atoms with Crippen LogP contribution in [0.2, 0.25) is 10.0 Å². The molecule has 0 unspecified atom stereocenters. The summed E-state index contributed by atoms with van der Waals surface area (Å²) in [5.41, 5.74) is 0.118. The van der Waals surface area contributed by atoms with Gasteiger partial charge in [-0.3, -0.25) is 10.1 Å². The minimum absolute atomic E-state index is 0.0352. The summed E-state index contributed by atoms with van der Waals surface area (Å²) in [5, 5.41) is 13.5. The maximum Gasteiger partial charge on any atom is 0.229 e. The number of carbonyl (C=O) groups excluding carboxylic acids is 1. The zero-order valence-electron chi connectivity index (χ0n) is 14.4. The number of methoxy groups -OCH3 is 1. The lowest BCUT2D eigenvalue weighted by Crippen LogP contribution is -2.29. The summed E-state index contributed by atoms with van der Waals surface area (Å²) in [6.45, 7) is 3.17. The van der Waals surface area contributed by atoms with Gasteiger partial charge in [0.25, 0.3) is 0 Å². The number of ether oxygens (including phenoxy) is 1. The number of imidazole rings is 1. The van der Waals surface area contributed by atoms with E-state index in [0.29, 0.717) is 32.8 Å². The number of aliphatic hydroxyl groups is 1. The molecule has 0 saturated heterocycles. The average molecular weight is 386 g/mol. The number of hydrogen-bond donors (Lipinski definition) is 2. The zero-order valence-corrected chi connectivity index (χ0v) is 15.9. The van der Waals surface area contributed by atoms with Gasteiger partial charge in [-0.25, -0.2) is 4.98 Å². The highest BCUT2D eigenvalue weighted by atomic mass is 35.5. The molecule has 1 aliphatic rings. The van der Waals surface area contributed by atoms with Crippen LogP contribution in [0, 0.1) is 0 Å². The molecule has 3 rings (SSSR count). The molecule has 0 bridgehead atoms. The van der Waals surface area contributed by atoms with E-state index in [1.54, 1.807) is 27.0 Å². The first-order valence-corrected chi connectivity index (χ1v) is 8.93. The van der Waals surface area contributed by atoms with Crippen LogP contribution in [0.1, 0.15) is 45.6 Å². The van der Waals surface area contributed by atoms with Crippen molar-refractivity contribution < 1.29 is 14.6 Å². The Kier molecular flexibility index (Phi) is 4.88. The van der Waals surface area contributed by atoms with Crippen LogP contribution < -0.4 is 10.1 Å². The normalized spacial score (nSPS) is 15.3. The second kappa shape index (κ2) is 6.67. The molecule has 0 aliphatic heterocycles. The van der Waals surface area contributed by atoms with E-state index in [0.717, 1.165) is 19.3 Å². The molecule has 2 N–H and O–H groups in total. The van der Waals surface area contributed by atoms with Crippen molar-refractivity contribution in [2.24, 2.45) is 0 Å². The molecular formula is C17H21Cl2N3O3. The number of fused-ring (bicyclic) bond motifs is 1. The Labute approximate surface area is 156 Å². The number of carbonyl (C=O) groups is 1. The van der Waals surface area contributed by atoms with Crippen LogP contribution in [0.3, 0.4) is 0 Å². The van der Waals surface area contributed by atoms with Crippen molar-refractivity contribution in [3.8, 4) is 5.75 Å². The third-order valence-electron chi connectivity index (χ3n) is 4.31. The molecule has 6 nitrogen and oxygen atoms in total. The van der Waals surface area contributed by atoms with E-state index in [-0.39, 0.29) is 18.4 Å². The van der Waals surface area contributed by atoms with E-state index in [2.05, 4.69) is 10.3 Å². The number of hydrogen-bond acceptors (Lipinski definition) is 4. The Bertz CT molecular complexity index is 823. The lowest BCUT2D eigenvalue weighted by molar-refractivity contribution is -0.119. The van der Waals surface area contributed by atoms with E-state index in [9.17, 15) is 9.90 Å². The van der Waals surface area contributed by atoms with Crippen molar-refractivity contribution in [3.63, 3.8) is 0 Å². The lowest BCUT2D eigenvalue weighted by Gasteiger charge is -2.29. The largest absolute Gasteiger partial charge is 0.493 e. The summed E-state index contributed by atoms with van der Waals surface area (Å²) in [5.74, 6) is 0.574. The van der Waals surface area contributed by atoms with Crippen LogP contribution >= 0.6 is 23.2 Å². The van der Waals surface area contributed by atoms with Crippen LogP contribution in [0.15, 0.2) is 6.07 Å².